The molecule has 4 heterocycles. The minimum atomic E-state index is -1.17. The van der Waals surface area contributed by atoms with Gasteiger partial charge in [0.1, 0.15) is 23.3 Å². The molecule has 1 saturated carbocycles. The van der Waals surface area contributed by atoms with E-state index in [4.69, 9.17) is 0 Å². The van der Waals surface area contributed by atoms with Crippen LogP contribution in [0.25, 0.3) is 28.0 Å². The summed E-state index contributed by atoms with van der Waals surface area (Å²) >= 11 is 0. The number of nitriles is 1. The van der Waals surface area contributed by atoms with Gasteiger partial charge in [0.2, 0.25) is 0 Å². The summed E-state index contributed by atoms with van der Waals surface area (Å²) in [5, 5.41) is 18.0. The van der Waals surface area contributed by atoms with Crippen molar-refractivity contribution in [3.05, 3.63) is 54.4 Å². The van der Waals surface area contributed by atoms with Crippen LogP contribution in [-0.4, -0.2) is 35.0 Å². The highest BCUT2D eigenvalue weighted by Gasteiger charge is 2.34. The second-order valence-corrected chi connectivity index (χ2v) is 7.87. The van der Waals surface area contributed by atoms with Crippen LogP contribution in [0.5, 0.6) is 0 Å². The van der Waals surface area contributed by atoms with E-state index in [1.807, 2.05) is 37.5 Å². The van der Waals surface area contributed by atoms with Crippen LogP contribution in [0.3, 0.4) is 0 Å². The van der Waals surface area contributed by atoms with Crippen molar-refractivity contribution in [2.45, 2.75) is 44.8 Å². The largest absolute Gasteiger partial charge is 0.269 e. The maximum Gasteiger partial charge on any atom is 0.156 e. The highest BCUT2D eigenvalue weighted by molar-refractivity contribution is 5.81. The maximum atomic E-state index is 14.9. The quantitative estimate of drug-likeness (QED) is 0.514. The van der Waals surface area contributed by atoms with Crippen molar-refractivity contribution in [1.82, 2.24) is 29.4 Å². The van der Waals surface area contributed by atoms with Crippen LogP contribution >= 0.6 is 0 Å². The van der Waals surface area contributed by atoms with Crippen molar-refractivity contribution >= 4 is 5.65 Å². The van der Waals surface area contributed by atoms with Gasteiger partial charge < -0.3 is 0 Å². The number of pyridine rings is 2. The van der Waals surface area contributed by atoms with E-state index in [2.05, 4.69) is 26.2 Å². The zero-order valence-corrected chi connectivity index (χ0v) is 16.6. The molecule has 1 aliphatic rings. The molecule has 1 aliphatic carbocycles. The van der Waals surface area contributed by atoms with Gasteiger partial charge in [-0.15, -0.1) is 0 Å². The van der Waals surface area contributed by atoms with E-state index in [9.17, 15) is 9.65 Å². The fraction of sp³-hybridized carbons (Fsp3) is 0.318. The second-order valence-electron chi connectivity index (χ2n) is 7.87. The zero-order valence-electron chi connectivity index (χ0n) is 16.6. The van der Waals surface area contributed by atoms with Gasteiger partial charge in [-0.25, -0.2) is 18.9 Å². The van der Waals surface area contributed by atoms with Crippen LogP contribution in [0.4, 0.5) is 4.39 Å². The number of alkyl halides is 1. The molecule has 4 aromatic rings. The molecule has 150 valence electrons. The highest BCUT2D eigenvalue weighted by Crippen LogP contribution is 2.36. The van der Waals surface area contributed by atoms with E-state index in [1.165, 1.54) is 0 Å². The summed E-state index contributed by atoms with van der Waals surface area (Å²) in [4.78, 5) is 8.96. The molecule has 8 heteroatoms. The lowest BCUT2D eigenvalue weighted by Crippen LogP contribution is -2.25. The van der Waals surface area contributed by atoms with Gasteiger partial charge in [0.15, 0.2) is 5.65 Å². The molecule has 0 unspecified atom stereocenters. The Bertz CT molecular complexity index is 1270. The average Bonchev–Trinajstić information content (AvgIpc) is 3.46. The van der Waals surface area contributed by atoms with Gasteiger partial charge in [0.25, 0.3) is 0 Å². The van der Waals surface area contributed by atoms with Crippen LogP contribution in [0, 0.1) is 18.3 Å². The molecular formula is C22H20FN7. The number of halogens is 1. The Labute approximate surface area is 172 Å². The summed E-state index contributed by atoms with van der Waals surface area (Å²) in [7, 11) is 0. The van der Waals surface area contributed by atoms with Crippen molar-refractivity contribution in [1.29, 1.82) is 5.26 Å². The summed E-state index contributed by atoms with van der Waals surface area (Å²) in [6, 6.07) is 9.44. The number of nitrogens with zero attached hydrogens (tertiary/aromatic N) is 7. The normalized spacial score (nSPS) is 15.5. The molecule has 0 radical (unpaired) electrons. The predicted molar refractivity (Wildman–Crippen MR) is 109 cm³/mol. The molecule has 0 saturated heterocycles. The Morgan fingerprint density at radius 2 is 2.00 bits per heavy atom. The molecule has 0 spiro atoms. The Kier molecular flexibility index (Phi) is 4.31. The number of aromatic nitrogens is 6. The van der Waals surface area contributed by atoms with Crippen LogP contribution in [0.1, 0.15) is 37.2 Å². The van der Waals surface area contributed by atoms with E-state index in [-0.39, 0.29) is 6.54 Å². The number of aryl methyl sites for hydroxylation is 1. The highest BCUT2D eigenvalue weighted by atomic mass is 19.1. The minimum absolute atomic E-state index is 0.261. The van der Waals surface area contributed by atoms with Crippen LogP contribution in [-0.2, 0) is 6.54 Å². The van der Waals surface area contributed by atoms with Gasteiger partial charge >= 0.3 is 0 Å². The zero-order chi connectivity index (χ0) is 20.7. The fourth-order valence-corrected chi connectivity index (χ4v) is 4.16. The van der Waals surface area contributed by atoms with E-state index in [0.29, 0.717) is 35.7 Å². The number of hydrogen-bond donors (Lipinski definition) is 0. The lowest BCUT2D eigenvalue weighted by atomic mass is 10.0. The third kappa shape index (κ3) is 3.32. The van der Waals surface area contributed by atoms with Crippen molar-refractivity contribution in [2.24, 2.45) is 0 Å². The van der Waals surface area contributed by atoms with Crippen molar-refractivity contribution < 1.29 is 4.39 Å². The second kappa shape index (κ2) is 7.02. The van der Waals surface area contributed by atoms with Gasteiger partial charge in [0.05, 0.1) is 18.4 Å². The first kappa shape index (κ1) is 18.4. The third-order valence-electron chi connectivity index (χ3n) is 5.62. The Morgan fingerprint density at radius 3 is 2.80 bits per heavy atom. The van der Waals surface area contributed by atoms with E-state index in [0.717, 1.165) is 29.5 Å². The standard InChI is InChI=1S/C22H20FN7/c1-15-26-20-10-16(6-9-30(20)28-15)21-19(5-4-18(11-24)27-21)17-12-25-29(13-17)14-22(23)7-2-3-8-22/h4-6,9-10,12-13H,2-3,7-8,14H2,1H3. The summed E-state index contributed by atoms with van der Waals surface area (Å²) in [6.07, 6.45) is 8.44. The fourth-order valence-electron chi connectivity index (χ4n) is 4.16. The van der Waals surface area contributed by atoms with E-state index in [1.54, 1.807) is 21.5 Å². The molecular weight excluding hydrogens is 381 g/mol. The topological polar surface area (TPSA) is 84.7 Å². The Morgan fingerprint density at radius 1 is 1.17 bits per heavy atom. The summed E-state index contributed by atoms with van der Waals surface area (Å²) < 4.78 is 18.3. The molecule has 0 aromatic carbocycles. The molecule has 5 rings (SSSR count). The van der Waals surface area contributed by atoms with E-state index >= 15 is 0 Å². The predicted octanol–water partition coefficient (Wildman–Crippen LogP) is 4.12. The maximum absolute atomic E-state index is 14.9. The molecule has 0 amide bonds. The summed E-state index contributed by atoms with van der Waals surface area (Å²) in [5.74, 6) is 0.680. The molecule has 0 atom stereocenters. The van der Waals surface area contributed by atoms with Crippen molar-refractivity contribution in [2.75, 3.05) is 0 Å². The Hall–Kier alpha value is -3.60. The van der Waals surface area contributed by atoms with Crippen LogP contribution in [0.15, 0.2) is 42.9 Å². The summed E-state index contributed by atoms with van der Waals surface area (Å²) in [6.45, 7) is 2.10. The summed E-state index contributed by atoms with van der Waals surface area (Å²) in [5.41, 5.74) is 3.01. The first-order valence-corrected chi connectivity index (χ1v) is 9.99. The van der Waals surface area contributed by atoms with Crippen LogP contribution < -0.4 is 0 Å². The van der Waals surface area contributed by atoms with Gasteiger partial charge in [-0.2, -0.15) is 15.5 Å². The molecule has 4 aromatic heterocycles. The number of fused-ring (bicyclic) bond motifs is 1. The van der Waals surface area contributed by atoms with Crippen LogP contribution in [0.2, 0.25) is 0 Å². The molecule has 1 fully saturated rings. The number of rotatable bonds is 4. The Balaban J connectivity index is 1.56. The van der Waals surface area contributed by atoms with Crippen molar-refractivity contribution in [3.63, 3.8) is 0 Å². The first-order chi connectivity index (χ1) is 14.5. The lowest BCUT2D eigenvalue weighted by molar-refractivity contribution is 0.139. The third-order valence-corrected chi connectivity index (χ3v) is 5.62. The van der Waals surface area contributed by atoms with E-state index < -0.39 is 5.67 Å². The van der Waals surface area contributed by atoms with Crippen molar-refractivity contribution in [3.8, 4) is 28.5 Å². The van der Waals surface area contributed by atoms with Gasteiger partial charge in [-0.1, -0.05) is 12.8 Å². The lowest BCUT2D eigenvalue weighted by Gasteiger charge is -2.18. The van der Waals surface area contributed by atoms with Gasteiger partial charge in [-0.3, -0.25) is 4.68 Å². The molecule has 0 aliphatic heterocycles. The monoisotopic (exact) mass is 401 g/mol. The van der Waals surface area contributed by atoms with Gasteiger partial charge in [-0.05, 0) is 44.0 Å². The molecule has 30 heavy (non-hydrogen) atoms. The number of hydrogen-bond acceptors (Lipinski definition) is 5. The molecule has 0 N–H and O–H groups in total. The molecule has 0 bridgehead atoms. The minimum Gasteiger partial charge on any atom is -0.269 e. The molecule has 7 nitrogen and oxygen atoms in total. The first-order valence-electron chi connectivity index (χ1n) is 9.99. The van der Waals surface area contributed by atoms with Gasteiger partial charge in [0, 0.05) is 29.1 Å². The smallest absolute Gasteiger partial charge is 0.156 e. The SMILES string of the molecule is Cc1nc2cc(-c3nc(C#N)ccc3-c3cnn(CC4(F)CCCC4)c3)ccn2n1. The average molecular weight is 401 g/mol.